The second-order valence-electron chi connectivity index (χ2n) is 9.20. The Bertz CT molecular complexity index is 645. The summed E-state index contributed by atoms with van der Waals surface area (Å²) in [6.45, 7) is 2.67. The van der Waals surface area contributed by atoms with Gasteiger partial charge in [0.25, 0.3) is 0 Å². The van der Waals surface area contributed by atoms with Crippen LogP contribution in [0.1, 0.15) is 51.4 Å². The summed E-state index contributed by atoms with van der Waals surface area (Å²) < 4.78 is 5.35. The number of nitrogen functional groups attached to an aromatic ring is 1. The van der Waals surface area contributed by atoms with Crippen LogP contribution in [-0.2, 0) is 0 Å². The first kappa shape index (κ1) is 19.8. The average molecular weight is 388 g/mol. The number of fused-ring (bicyclic) bond motifs is 2. The second kappa shape index (κ2) is 8.91. The number of aliphatic hydroxyl groups is 1. The quantitative estimate of drug-likeness (QED) is 0.649. The van der Waals surface area contributed by atoms with Crippen LogP contribution >= 0.6 is 0 Å². The molecule has 4 rings (SSSR count). The molecule has 1 aliphatic heterocycles. The Kier molecular flexibility index (Phi) is 6.32. The van der Waals surface area contributed by atoms with Crippen LogP contribution in [0.2, 0.25) is 0 Å². The van der Waals surface area contributed by atoms with Crippen LogP contribution in [0.15, 0.2) is 18.2 Å². The van der Waals surface area contributed by atoms with Crippen LogP contribution in [0.4, 0.5) is 11.4 Å². The van der Waals surface area contributed by atoms with Gasteiger partial charge >= 0.3 is 0 Å². The average Bonchev–Trinajstić information content (AvgIpc) is 2.71. The molecule has 2 saturated carbocycles. The van der Waals surface area contributed by atoms with E-state index in [4.69, 9.17) is 10.5 Å². The fourth-order valence-electron chi connectivity index (χ4n) is 6.24. The van der Waals surface area contributed by atoms with Crippen LogP contribution in [0.5, 0.6) is 5.75 Å². The molecule has 1 aromatic carbocycles. The van der Waals surface area contributed by atoms with Crippen LogP contribution in [0.25, 0.3) is 0 Å². The monoisotopic (exact) mass is 387 g/mol. The third-order valence-electron chi connectivity index (χ3n) is 7.48. The van der Waals surface area contributed by atoms with Gasteiger partial charge in [0, 0.05) is 43.5 Å². The molecule has 5 nitrogen and oxygen atoms in total. The highest BCUT2D eigenvalue weighted by Gasteiger charge is 2.42. The fraction of sp³-hybridized carbons (Fsp3) is 0.739. The Labute approximate surface area is 169 Å². The number of nitrogens with two attached hydrogens (primary N) is 1. The van der Waals surface area contributed by atoms with Gasteiger partial charge in [-0.05, 0) is 68.4 Å². The number of rotatable bonds is 6. The van der Waals surface area contributed by atoms with E-state index in [2.05, 4.69) is 10.2 Å². The Morgan fingerprint density at radius 2 is 2.00 bits per heavy atom. The number of anilines is 2. The van der Waals surface area contributed by atoms with E-state index >= 15 is 0 Å². The number of piperidine rings is 1. The maximum absolute atomic E-state index is 9.62. The number of benzene rings is 1. The van der Waals surface area contributed by atoms with Crippen LogP contribution in [0.3, 0.4) is 0 Å². The van der Waals surface area contributed by atoms with Crippen molar-refractivity contribution < 1.29 is 9.84 Å². The van der Waals surface area contributed by atoms with Gasteiger partial charge in [0.05, 0.1) is 12.8 Å². The Morgan fingerprint density at radius 1 is 1.18 bits per heavy atom. The molecule has 1 heterocycles. The van der Waals surface area contributed by atoms with Crippen molar-refractivity contribution in [3.8, 4) is 5.75 Å². The maximum Gasteiger partial charge on any atom is 0.143 e. The molecule has 3 aliphatic rings. The summed E-state index contributed by atoms with van der Waals surface area (Å²) in [5.41, 5.74) is 7.71. The Hall–Kier alpha value is -1.46. The number of hydrogen-bond donors (Lipinski definition) is 3. The highest BCUT2D eigenvalue weighted by atomic mass is 16.5. The summed E-state index contributed by atoms with van der Waals surface area (Å²) in [7, 11) is 1.66. The minimum Gasteiger partial charge on any atom is -0.495 e. The van der Waals surface area contributed by atoms with Gasteiger partial charge in [-0.25, -0.2) is 0 Å². The lowest BCUT2D eigenvalue weighted by Gasteiger charge is -2.51. The van der Waals surface area contributed by atoms with Crippen molar-refractivity contribution >= 4 is 11.4 Å². The molecule has 1 aromatic rings. The van der Waals surface area contributed by atoms with E-state index in [1.54, 1.807) is 7.11 Å². The number of nitrogens with zero attached hydrogens (tertiary/aromatic N) is 1. The number of aliphatic hydroxyl groups excluding tert-OH is 1. The van der Waals surface area contributed by atoms with Gasteiger partial charge in [0.2, 0.25) is 0 Å². The first-order valence-electron chi connectivity index (χ1n) is 11.2. The summed E-state index contributed by atoms with van der Waals surface area (Å²) in [5, 5.41) is 13.3. The largest absolute Gasteiger partial charge is 0.495 e. The van der Waals surface area contributed by atoms with E-state index in [1.807, 2.05) is 18.2 Å². The second-order valence-corrected chi connectivity index (χ2v) is 9.20. The summed E-state index contributed by atoms with van der Waals surface area (Å²) in [6.07, 6.45) is 10.3. The smallest absolute Gasteiger partial charge is 0.143 e. The molecule has 0 spiro atoms. The van der Waals surface area contributed by atoms with Crippen molar-refractivity contribution in [1.82, 2.24) is 4.90 Å². The number of hydrogen-bond acceptors (Lipinski definition) is 5. The van der Waals surface area contributed by atoms with E-state index in [1.165, 1.54) is 44.9 Å². The molecule has 28 heavy (non-hydrogen) atoms. The van der Waals surface area contributed by atoms with Gasteiger partial charge in [-0.1, -0.05) is 12.8 Å². The normalized spacial score (nSPS) is 31.5. The summed E-state index contributed by atoms with van der Waals surface area (Å²) in [6, 6.07) is 7.16. The molecule has 0 amide bonds. The number of ether oxygens (including phenoxy) is 1. The van der Waals surface area contributed by atoms with Gasteiger partial charge in [0.15, 0.2) is 0 Å². The molecule has 0 radical (unpaired) electrons. The molecule has 3 unspecified atom stereocenters. The van der Waals surface area contributed by atoms with Crippen LogP contribution in [0, 0.1) is 17.8 Å². The fourth-order valence-corrected chi connectivity index (χ4v) is 6.24. The van der Waals surface area contributed by atoms with Crippen LogP contribution < -0.4 is 15.8 Å². The van der Waals surface area contributed by atoms with E-state index < -0.39 is 0 Å². The topological polar surface area (TPSA) is 70.8 Å². The molecule has 156 valence electrons. The van der Waals surface area contributed by atoms with Gasteiger partial charge in [-0.2, -0.15) is 0 Å². The van der Waals surface area contributed by atoms with E-state index in [9.17, 15) is 5.11 Å². The highest BCUT2D eigenvalue weighted by molar-refractivity contribution is 5.61. The molecule has 3 fully saturated rings. The first-order chi connectivity index (χ1) is 13.7. The SMILES string of the molecule is COc1cc(NC2CCN([C@@H]3C(CCO)CC4CCCC3C4)CC2)ccc1N. The van der Waals surface area contributed by atoms with Crippen molar-refractivity contribution in [3.63, 3.8) is 0 Å². The summed E-state index contributed by atoms with van der Waals surface area (Å²) >= 11 is 0. The van der Waals surface area contributed by atoms with Gasteiger partial charge in [0.1, 0.15) is 5.75 Å². The summed E-state index contributed by atoms with van der Waals surface area (Å²) in [5.74, 6) is 3.21. The third kappa shape index (κ3) is 4.25. The number of likely N-dealkylation sites (tertiary alicyclic amines) is 1. The molecule has 5 heteroatoms. The molecule has 4 N–H and O–H groups in total. The minimum absolute atomic E-state index is 0.345. The van der Waals surface area contributed by atoms with Crippen molar-refractivity contribution in [1.29, 1.82) is 0 Å². The summed E-state index contributed by atoms with van der Waals surface area (Å²) in [4.78, 5) is 2.77. The molecule has 4 atom stereocenters. The van der Waals surface area contributed by atoms with Gasteiger partial charge < -0.3 is 20.9 Å². The van der Waals surface area contributed by atoms with Crippen molar-refractivity contribution in [3.05, 3.63) is 18.2 Å². The zero-order chi connectivity index (χ0) is 19.5. The number of nitrogens with one attached hydrogen (secondary N) is 1. The molecular weight excluding hydrogens is 350 g/mol. The van der Waals surface area contributed by atoms with Crippen molar-refractivity contribution in [2.24, 2.45) is 17.8 Å². The van der Waals surface area contributed by atoms with E-state index in [0.29, 0.717) is 30.3 Å². The van der Waals surface area contributed by atoms with Crippen molar-refractivity contribution in [2.45, 2.75) is 63.5 Å². The van der Waals surface area contributed by atoms with Crippen molar-refractivity contribution in [2.75, 3.05) is 37.9 Å². The molecule has 2 aliphatic carbocycles. The Balaban J connectivity index is 1.36. The predicted molar refractivity (Wildman–Crippen MR) is 115 cm³/mol. The zero-order valence-corrected chi connectivity index (χ0v) is 17.3. The standard InChI is InChI=1S/C23H37N3O2/c1-28-22-15-20(5-6-21(22)24)25-19-7-10-26(11-8-19)23-17-4-2-3-16(13-17)14-18(23)9-12-27/h5-6,15-19,23,25,27H,2-4,7-14,24H2,1H3/t16?,17?,18?,23-/m0/s1. The maximum atomic E-state index is 9.62. The van der Waals surface area contributed by atoms with Crippen LogP contribution in [-0.4, -0.2) is 48.9 Å². The molecule has 0 aromatic heterocycles. The lowest BCUT2D eigenvalue weighted by Crippen LogP contribution is -2.54. The zero-order valence-electron chi connectivity index (χ0n) is 17.3. The first-order valence-corrected chi connectivity index (χ1v) is 11.2. The lowest BCUT2D eigenvalue weighted by atomic mass is 9.64. The number of methoxy groups -OCH3 is 1. The molecule has 1 saturated heterocycles. The third-order valence-corrected chi connectivity index (χ3v) is 7.48. The van der Waals surface area contributed by atoms with Gasteiger partial charge in [-0.3, -0.25) is 4.90 Å². The highest BCUT2D eigenvalue weighted by Crippen LogP contribution is 2.46. The van der Waals surface area contributed by atoms with E-state index in [0.717, 1.165) is 42.8 Å². The predicted octanol–water partition coefficient (Wildman–Crippen LogP) is 3.73. The molecular formula is C23H37N3O2. The van der Waals surface area contributed by atoms with Gasteiger partial charge in [-0.15, -0.1) is 0 Å². The lowest BCUT2D eigenvalue weighted by molar-refractivity contribution is -0.0114. The Morgan fingerprint density at radius 3 is 2.75 bits per heavy atom. The van der Waals surface area contributed by atoms with E-state index in [-0.39, 0.29) is 0 Å². The minimum atomic E-state index is 0.345. The molecule has 2 bridgehead atoms.